The highest BCUT2D eigenvalue weighted by Crippen LogP contribution is 2.21. The number of nitrogens with one attached hydrogen (secondary N) is 9. The van der Waals surface area contributed by atoms with Crippen LogP contribution in [0.5, 0.6) is 0 Å². The number of imidazole rings is 1. The Morgan fingerprint density at radius 3 is 1.77 bits per heavy atom. The van der Waals surface area contributed by atoms with Crippen LogP contribution in [0.4, 0.5) is 0 Å². The number of nitrogens with two attached hydrogens (primary N) is 2. The zero-order valence-corrected chi connectivity index (χ0v) is 33.2. The molecular weight excluding hydrogens is 781 g/mol. The quantitative estimate of drug-likeness (QED) is 0.0280. The highest BCUT2D eigenvalue weighted by Gasteiger charge is 2.33. The second-order valence-electron chi connectivity index (χ2n) is 14.8. The molecular formula is C43H50N12O6. The van der Waals surface area contributed by atoms with Crippen LogP contribution in [0.3, 0.4) is 0 Å². The molecule has 61 heavy (non-hydrogen) atoms. The van der Waals surface area contributed by atoms with E-state index in [2.05, 4.69) is 46.5 Å². The molecule has 0 saturated heterocycles. The standard InChI is InChI=1S/C43H50N12O6/c44-31(20-28-23-47-24-51-28)38(56)53-35(17-25-9-2-1-3-10-25)40(58)52-34(15-8-16-48-43(45)46)39(57)54-36(18-26-21-49-32-13-6-4-11-29(26)32)41(59)55-37(42(60)61)19-27-22-50-33-14-7-5-12-30(27)33/h1-7,9-14,21-24,31,34-37,49-50H,8,15-20,44H2,(H,47,51)(H,52,58)(H,53,56)(H,54,57)(H,55,59)(H,60,61)(H4,45,46,48)/t31-,34-,35+,36-,37-/m0/s1. The zero-order valence-electron chi connectivity index (χ0n) is 33.2. The van der Waals surface area contributed by atoms with Crippen LogP contribution in [0, 0.1) is 5.41 Å². The normalized spacial score (nSPS) is 13.7. The number of carboxylic acids is 1. The Morgan fingerprint density at radius 2 is 1.18 bits per heavy atom. The lowest BCUT2D eigenvalue weighted by atomic mass is 10.0. The molecule has 18 nitrogen and oxygen atoms in total. The van der Waals surface area contributed by atoms with Crippen LogP contribution in [0.15, 0.2) is 104 Å². The number of carbonyl (C=O) groups excluding carboxylic acids is 4. The lowest BCUT2D eigenvalue weighted by Gasteiger charge is -2.27. The third-order valence-electron chi connectivity index (χ3n) is 10.3. The number of benzene rings is 3. The van der Waals surface area contributed by atoms with Crippen molar-refractivity contribution in [1.29, 1.82) is 5.41 Å². The Bertz CT molecular complexity index is 2450. The van der Waals surface area contributed by atoms with Crippen molar-refractivity contribution >= 4 is 57.4 Å². The molecule has 0 radical (unpaired) electrons. The number of hydrogen-bond donors (Lipinski definition) is 12. The van der Waals surface area contributed by atoms with E-state index < -0.39 is 59.8 Å². The van der Waals surface area contributed by atoms with Crippen LogP contribution < -0.4 is 38.1 Å². The van der Waals surface area contributed by atoms with Gasteiger partial charge in [0.1, 0.15) is 24.2 Å². The number of amides is 4. The number of nitrogens with zero attached hydrogens (tertiary/aromatic N) is 1. The number of rotatable bonds is 21. The SMILES string of the molecule is N=C(N)NCCC[C@H](NC(=O)[C@@H](Cc1ccccc1)NC(=O)[C@@H](N)Cc1c[nH]cn1)C(=O)N[C@@H](Cc1c[nH]c2ccccc12)C(=O)N[C@@H](Cc1c[nH]c2ccccc12)C(=O)O. The van der Waals surface area contributed by atoms with Crippen molar-refractivity contribution < 1.29 is 29.1 Å². The molecule has 3 aromatic carbocycles. The smallest absolute Gasteiger partial charge is 0.326 e. The van der Waals surface area contributed by atoms with Gasteiger partial charge in [0, 0.05) is 72.6 Å². The number of aliphatic carboxylic acids is 1. The van der Waals surface area contributed by atoms with E-state index in [1.807, 2.05) is 54.6 Å². The van der Waals surface area contributed by atoms with Gasteiger partial charge >= 0.3 is 5.97 Å². The predicted octanol–water partition coefficient (Wildman–Crippen LogP) is 1.26. The molecule has 0 aliphatic heterocycles. The lowest BCUT2D eigenvalue weighted by molar-refractivity contribution is -0.142. The van der Waals surface area contributed by atoms with Crippen LogP contribution in [0.25, 0.3) is 21.8 Å². The van der Waals surface area contributed by atoms with Gasteiger partial charge in [0.2, 0.25) is 23.6 Å². The maximum Gasteiger partial charge on any atom is 0.326 e. The number of para-hydroxylation sites is 2. The monoisotopic (exact) mass is 830 g/mol. The van der Waals surface area contributed by atoms with E-state index in [1.165, 1.54) is 6.33 Å². The number of guanidine groups is 1. The average molecular weight is 831 g/mol. The summed E-state index contributed by atoms with van der Waals surface area (Å²) in [7, 11) is 0. The number of carboxylic acid groups (broad SMARTS) is 1. The fraction of sp³-hybridized carbons (Fsp3) is 0.279. The fourth-order valence-corrected chi connectivity index (χ4v) is 7.12. The first-order valence-corrected chi connectivity index (χ1v) is 19.8. The minimum absolute atomic E-state index is 0.0300. The molecule has 0 bridgehead atoms. The van der Waals surface area contributed by atoms with Gasteiger partial charge in [-0.1, -0.05) is 66.7 Å². The molecule has 3 heterocycles. The highest BCUT2D eigenvalue weighted by atomic mass is 16.4. The van der Waals surface area contributed by atoms with Gasteiger partial charge in [-0.25, -0.2) is 9.78 Å². The summed E-state index contributed by atoms with van der Waals surface area (Å²) in [5.41, 5.74) is 16.0. The molecule has 0 aliphatic carbocycles. The fourth-order valence-electron chi connectivity index (χ4n) is 7.12. The summed E-state index contributed by atoms with van der Waals surface area (Å²) >= 11 is 0. The molecule has 6 aromatic rings. The molecule has 14 N–H and O–H groups in total. The molecule has 318 valence electrons. The lowest BCUT2D eigenvalue weighted by Crippen LogP contribution is -2.59. The van der Waals surface area contributed by atoms with Crippen molar-refractivity contribution in [2.75, 3.05) is 6.54 Å². The summed E-state index contributed by atoms with van der Waals surface area (Å²) in [6, 6.07) is 17.7. The summed E-state index contributed by atoms with van der Waals surface area (Å²) in [6.45, 7) is 0.189. The van der Waals surface area contributed by atoms with Crippen molar-refractivity contribution in [2.24, 2.45) is 11.5 Å². The van der Waals surface area contributed by atoms with Crippen molar-refractivity contribution in [3.8, 4) is 0 Å². The van der Waals surface area contributed by atoms with E-state index in [1.54, 1.807) is 42.9 Å². The van der Waals surface area contributed by atoms with E-state index in [9.17, 15) is 29.1 Å². The predicted molar refractivity (Wildman–Crippen MR) is 229 cm³/mol. The summed E-state index contributed by atoms with van der Waals surface area (Å²) in [6.07, 6.45) is 6.88. The summed E-state index contributed by atoms with van der Waals surface area (Å²) < 4.78 is 0. The molecule has 0 aliphatic rings. The van der Waals surface area contributed by atoms with Crippen molar-refractivity contribution in [2.45, 2.75) is 68.7 Å². The molecule has 4 amide bonds. The van der Waals surface area contributed by atoms with Crippen LogP contribution in [-0.2, 0) is 49.7 Å². The number of fused-ring (bicyclic) bond motifs is 2. The number of carbonyl (C=O) groups is 5. The summed E-state index contributed by atoms with van der Waals surface area (Å²) in [5.74, 6) is -4.34. The molecule has 5 atom stereocenters. The van der Waals surface area contributed by atoms with Gasteiger partial charge in [-0.15, -0.1) is 0 Å². The molecule has 18 heteroatoms. The second-order valence-corrected chi connectivity index (χ2v) is 14.8. The first-order valence-electron chi connectivity index (χ1n) is 19.8. The minimum atomic E-state index is -1.36. The van der Waals surface area contributed by atoms with E-state index in [-0.39, 0.29) is 51.0 Å². The number of hydrogen-bond acceptors (Lipinski definition) is 8. The topological polar surface area (TPSA) is 302 Å². The van der Waals surface area contributed by atoms with E-state index in [0.717, 1.165) is 27.4 Å². The van der Waals surface area contributed by atoms with E-state index in [0.29, 0.717) is 16.8 Å². The Hall–Kier alpha value is -7.47. The third kappa shape index (κ3) is 11.8. The van der Waals surface area contributed by atoms with Crippen LogP contribution in [-0.4, -0.2) is 97.4 Å². The maximum absolute atomic E-state index is 14.4. The number of H-pyrrole nitrogens is 3. The minimum Gasteiger partial charge on any atom is -0.480 e. The van der Waals surface area contributed by atoms with Crippen LogP contribution >= 0.6 is 0 Å². The van der Waals surface area contributed by atoms with E-state index >= 15 is 0 Å². The van der Waals surface area contributed by atoms with Crippen molar-refractivity contribution in [3.63, 3.8) is 0 Å². The second kappa shape index (κ2) is 20.5. The van der Waals surface area contributed by atoms with Gasteiger partial charge in [-0.05, 0) is 41.7 Å². The first-order chi connectivity index (χ1) is 29.4. The van der Waals surface area contributed by atoms with Gasteiger partial charge in [0.05, 0.1) is 18.1 Å². The van der Waals surface area contributed by atoms with E-state index in [4.69, 9.17) is 16.9 Å². The average Bonchev–Trinajstić information content (AvgIpc) is 4.02. The number of aromatic nitrogens is 4. The molecule has 3 aromatic heterocycles. The van der Waals surface area contributed by atoms with Crippen LogP contribution in [0.2, 0.25) is 0 Å². The zero-order chi connectivity index (χ0) is 43.3. The Labute approximate surface area is 350 Å². The van der Waals surface area contributed by atoms with Crippen molar-refractivity contribution in [1.82, 2.24) is 46.5 Å². The van der Waals surface area contributed by atoms with Gasteiger partial charge in [0.15, 0.2) is 5.96 Å². The molecule has 0 spiro atoms. The van der Waals surface area contributed by atoms with Crippen molar-refractivity contribution in [3.05, 3.63) is 126 Å². The maximum atomic E-state index is 14.4. The molecule has 0 unspecified atom stereocenters. The van der Waals surface area contributed by atoms with Gasteiger partial charge in [0.25, 0.3) is 0 Å². The van der Waals surface area contributed by atoms with Crippen LogP contribution in [0.1, 0.15) is 35.2 Å². The van der Waals surface area contributed by atoms with Gasteiger partial charge < -0.3 is 58.1 Å². The summed E-state index contributed by atoms with van der Waals surface area (Å²) in [5, 5.41) is 33.1. The molecule has 0 fully saturated rings. The molecule has 6 rings (SSSR count). The Kier molecular flexibility index (Phi) is 14.5. The molecule has 0 saturated carbocycles. The third-order valence-corrected chi connectivity index (χ3v) is 10.3. The Morgan fingerprint density at radius 1 is 0.656 bits per heavy atom. The van der Waals surface area contributed by atoms with Gasteiger partial charge in [-0.2, -0.15) is 0 Å². The van der Waals surface area contributed by atoms with Gasteiger partial charge in [-0.3, -0.25) is 24.6 Å². The summed E-state index contributed by atoms with van der Waals surface area (Å²) in [4.78, 5) is 82.0. The first kappa shape index (κ1) is 43.1. The Balaban J connectivity index is 1.25. The number of aromatic amines is 3. The highest BCUT2D eigenvalue weighted by molar-refractivity contribution is 5.96. The largest absolute Gasteiger partial charge is 0.480 e.